The lowest BCUT2D eigenvalue weighted by atomic mass is 9.71. The van der Waals surface area contributed by atoms with Gasteiger partial charge in [-0.05, 0) is 44.7 Å². The van der Waals surface area contributed by atoms with Crippen LogP contribution in [0.4, 0.5) is 0 Å². The first-order chi connectivity index (χ1) is 9.15. The van der Waals surface area contributed by atoms with Crippen LogP contribution in [0.3, 0.4) is 0 Å². The maximum absolute atomic E-state index is 12.1. The first-order valence-corrected chi connectivity index (χ1v) is 7.82. The van der Waals surface area contributed by atoms with Gasteiger partial charge in [0.15, 0.2) is 0 Å². The second-order valence-electron chi connectivity index (χ2n) is 6.50. The third kappa shape index (κ3) is 4.46. The molecule has 0 bridgehead atoms. The van der Waals surface area contributed by atoms with E-state index in [4.69, 9.17) is 5.73 Å². The largest absolute Gasteiger partial charge is 0.355 e. The lowest BCUT2D eigenvalue weighted by molar-refractivity contribution is -0.123. The van der Waals surface area contributed by atoms with Crippen molar-refractivity contribution in [3.8, 4) is 0 Å². The predicted molar refractivity (Wildman–Crippen MR) is 77.9 cm³/mol. The second kappa shape index (κ2) is 6.71. The van der Waals surface area contributed by atoms with Gasteiger partial charge >= 0.3 is 0 Å². The highest BCUT2D eigenvalue weighted by molar-refractivity contribution is 5.76. The van der Waals surface area contributed by atoms with Gasteiger partial charge in [0, 0.05) is 25.6 Å². The van der Waals surface area contributed by atoms with Gasteiger partial charge in [0.25, 0.3) is 0 Å². The summed E-state index contributed by atoms with van der Waals surface area (Å²) in [6.07, 6.45) is 9.27. The van der Waals surface area contributed by atoms with Crippen molar-refractivity contribution >= 4 is 5.91 Å². The molecular formula is C15H29N3O. The van der Waals surface area contributed by atoms with Gasteiger partial charge in [-0.15, -0.1) is 0 Å². The maximum Gasteiger partial charge on any atom is 0.220 e. The van der Waals surface area contributed by atoms with Crippen molar-refractivity contribution in [2.75, 3.05) is 26.7 Å². The van der Waals surface area contributed by atoms with Gasteiger partial charge in [0.1, 0.15) is 0 Å². The minimum atomic E-state index is 0.0880. The second-order valence-corrected chi connectivity index (χ2v) is 6.50. The van der Waals surface area contributed by atoms with Crippen molar-refractivity contribution in [3.05, 3.63) is 0 Å². The highest BCUT2D eigenvalue weighted by atomic mass is 16.1. The predicted octanol–water partition coefficient (Wildman–Crippen LogP) is 1.50. The van der Waals surface area contributed by atoms with Crippen LogP contribution in [-0.2, 0) is 4.79 Å². The summed E-state index contributed by atoms with van der Waals surface area (Å²) in [5.41, 5.74) is 6.01. The average molecular weight is 267 g/mol. The number of amides is 1. The van der Waals surface area contributed by atoms with Gasteiger partial charge in [-0.25, -0.2) is 0 Å². The van der Waals surface area contributed by atoms with Crippen molar-refractivity contribution in [3.63, 3.8) is 0 Å². The van der Waals surface area contributed by atoms with E-state index in [0.717, 1.165) is 32.0 Å². The normalized spacial score (nSPS) is 22.5. The molecule has 0 heterocycles. The molecule has 2 rings (SSSR count). The number of nitrogens with two attached hydrogens (primary N) is 1. The zero-order valence-corrected chi connectivity index (χ0v) is 12.3. The highest BCUT2D eigenvalue weighted by Crippen LogP contribution is 2.38. The standard InChI is InChI=1S/C15H29N3O/c1-18(13-5-6-13)10-9-17-14(19)11-15(12-16)7-3-2-4-8-15/h13H,2-12,16H2,1H3,(H,17,19). The Hall–Kier alpha value is -0.610. The number of hydrogen-bond donors (Lipinski definition) is 2. The van der Waals surface area contributed by atoms with Crippen LogP contribution < -0.4 is 11.1 Å². The average Bonchev–Trinajstić information content (AvgIpc) is 3.24. The summed E-state index contributed by atoms with van der Waals surface area (Å²) in [5.74, 6) is 0.191. The van der Waals surface area contributed by atoms with Crippen LogP contribution >= 0.6 is 0 Å². The molecule has 19 heavy (non-hydrogen) atoms. The Labute approximate surface area is 117 Å². The van der Waals surface area contributed by atoms with E-state index in [-0.39, 0.29) is 11.3 Å². The molecule has 0 spiro atoms. The molecular weight excluding hydrogens is 238 g/mol. The maximum atomic E-state index is 12.1. The summed E-state index contributed by atoms with van der Waals surface area (Å²) in [7, 11) is 2.15. The van der Waals surface area contributed by atoms with Crippen LogP contribution in [0, 0.1) is 5.41 Å². The van der Waals surface area contributed by atoms with Gasteiger partial charge in [0.05, 0.1) is 0 Å². The van der Waals surface area contributed by atoms with Crippen molar-refractivity contribution in [1.29, 1.82) is 0 Å². The fourth-order valence-electron chi connectivity index (χ4n) is 3.23. The smallest absolute Gasteiger partial charge is 0.220 e. The lowest BCUT2D eigenvalue weighted by Gasteiger charge is -2.35. The number of likely N-dealkylation sites (N-methyl/N-ethyl adjacent to an activating group) is 1. The number of rotatable bonds is 7. The van der Waals surface area contributed by atoms with Crippen LogP contribution in [0.15, 0.2) is 0 Å². The molecule has 2 aliphatic carbocycles. The van der Waals surface area contributed by atoms with E-state index in [9.17, 15) is 4.79 Å². The number of carbonyl (C=O) groups is 1. The van der Waals surface area contributed by atoms with Gasteiger partial charge in [-0.1, -0.05) is 19.3 Å². The van der Waals surface area contributed by atoms with Crippen molar-refractivity contribution in [2.45, 2.75) is 57.4 Å². The molecule has 0 aromatic carbocycles. The Kier molecular flexibility index (Phi) is 5.22. The summed E-state index contributed by atoms with van der Waals surface area (Å²) < 4.78 is 0. The quantitative estimate of drug-likeness (QED) is 0.735. The fourth-order valence-corrected chi connectivity index (χ4v) is 3.23. The number of nitrogens with zero attached hydrogens (tertiary/aromatic N) is 1. The molecule has 0 radical (unpaired) electrons. The summed E-state index contributed by atoms with van der Waals surface area (Å²) in [5, 5.41) is 3.07. The molecule has 0 atom stereocenters. The van der Waals surface area contributed by atoms with Crippen LogP contribution in [0.25, 0.3) is 0 Å². The Balaban J connectivity index is 1.67. The minimum absolute atomic E-state index is 0.0880. The molecule has 4 heteroatoms. The van der Waals surface area contributed by atoms with E-state index in [0.29, 0.717) is 13.0 Å². The molecule has 2 saturated carbocycles. The molecule has 0 aliphatic heterocycles. The third-order valence-electron chi connectivity index (χ3n) is 4.84. The molecule has 3 N–H and O–H groups in total. The molecule has 0 unspecified atom stereocenters. The Morgan fingerprint density at radius 1 is 1.32 bits per heavy atom. The summed E-state index contributed by atoms with van der Waals surface area (Å²) in [4.78, 5) is 14.4. The summed E-state index contributed by atoms with van der Waals surface area (Å²) in [6.45, 7) is 2.39. The Morgan fingerprint density at radius 3 is 2.58 bits per heavy atom. The number of nitrogens with one attached hydrogen (secondary N) is 1. The van der Waals surface area contributed by atoms with Gasteiger partial charge in [-0.3, -0.25) is 4.79 Å². The molecule has 2 fully saturated rings. The van der Waals surface area contributed by atoms with E-state index < -0.39 is 0 Å². The van der Waals surface area contributed by atoms with E-state index in [2.05, 4.69) is 17.3 Å². The van der Waals surface area contributed by atoms with Crippen LogP contribution in [0.1, 0.15) is 51.4 Å². The van der Waals surface area contributed by atoms with Crippen molar-refractivity contribution in [2.24, 2.45) is 11.1 Å². The number of hydrogen-bond acceptors (Lipinski definition) is 3. The molecule has 0 saturated heterocycles. The summed E-state index contributed by atoms with van der Waals surface area (Å²) in [6, 6.07) is 0.769. The Morgan fingerprint density at radius 2 is 2.00 bits per heavy atom. The fraction of sp³-hybridized carbons (Fsp3) is 0.933. The van der Waals surface area contributed by atoms with E-state index >= 15 is 0 Å². The first-order valence-electron chi connectivity index (χ1n) is 7.82. The molecule has 110 valence electrons. The lowest BCUT2D eigenvalue weighted by Crippen LogP contribution is -2.40. The SMILES string of the molecule is CN(CCNC(=O)CC1(CN)CCCCC1)C1CC1. The topological polar surface area (TPSA) is 58.4 Å². The van der Waals surface area contributed by atoms with Crippen LogP contribution in [0.2, 0.25) is 0 Å². The van der Waals surface area contributed by atoms with E-state index in [1.165, 1.54) is 32.1 Å². The van der Waals surface area contributed by atoms with E-state index in [1.54, 1.807) is 0 Å². The first kappa shape index (κ1) is 14.8. The van der Waals surface area contributed by atoms with Crippen LogP contribution in [0.5, 0.6) is 0 Å². The van der Waals surface area contributed by atoms with Crippen molar-refractivity contribution < 1.29 is 4.79 Å². The molecule has 4 nitrogen and oxygen atoms in total. The summed E-state index contributed by atoms with van der Waals surface area (Å²) >= 11 is 0. The zero-order chi connectivity index (χ0) is 13.7. The monoisotopic (exact) mass is 267 g/mol. The highest BCUT2D eigenvalue weighted by Gasteiger charge is 2.33. The Bertz CT molecular complexity index is 296. The zero-order valence-electron chi connectivity index (χ0n) is 12.3. The number of carbonyl (C=O) groups excluding carboxylic acids is 1. The minimum Gasteiger partial charge on any atom is -0.355 e. The van der Waals surface area contributed by atoms with Gasteiger partial charge in [0.2, 0.25) is 5.91 Å². The van der Waals surface area contributed by atoms with Crippen LogP contribution in [-0.4, -0.2) is 43.5 Å². The van der Waals surface area contributed by atoms with Gasteiger partial charge in [-0.2, -0.15) is 0 Å². The molecule has 0 aromatic rings. The van der Waals surface area contributed by atoms with E-state index in [1.807, 2.05) is 0 Å². The molecule has 0 aromatic heterocycles. The van der Waals surface area contributed by atoms with Crippen molar-refractivity contribution in [1.82, 2.24) is 10.2 Å². The molecule has 1 amide bonds. The molecule has 2 aliphatic rings. The van der Waals surface area contributed by atoms with Gasteiger partial charge < -0.3 is 16.0 Å². The third-order valence-corrected chi connectivity index (χ3v) is 4.84.